The van der Waals surface area contributed by atoms with E-state index >= 15 is 0 Å². The van der Waals surface area contributed by atoms with E-state index in [1.54, 1.807) is 17.0 Å². The van der Waals surface area contributed by atoms with Crippen molar-refractivity contribution < 1.29 is 18.0 Å². The molecule has 1 aromatic rings. The molecular weight excluding hydrogens is 400 g/mol. The number of nitrogens with zero attached hydrogens (tertiary/aromatic N) is 2. The van der Waals surface area contributed by atoms with E-state index in [0.717, 1.165) is 30.6 Å². The molecular formula is C18H28N4O4S2. The summed E-state index contributed by atoms with van der Waals surface area (Å²) in [4.78, 5) is 25.9. The Bertz CT molecular complexity index is 794. The van der Waals surface area contributed by atoms with Crippen LogP contribution in [0.15, 0.2) is 16.3 Å². The molecule has 156 valence electrons. The summed E-state index contributed by atoms with van der Waals surface area (Å²) in [7, 11) is -3.58. The minimum Gasteiger partial charge on any atom is -0.351 e. The van der Waals surface area contributed by atoms with Crippen LogP contribution in [0, 0.1) is 0 Å². The van der Waals surface area contributed by atoms with Gasteiger partial charge >= 0.3 is 6.03 Å². The van der Waals surface area contributed by atoms with E-state index in [1.165, 1.54) is 29.0 Å². The smallest absolute Gasteiger partial charge is 0.317 e. The number of hydrogen-bond donors (Lipinski definition) is 2. The minimum absolute atomic E-state index is 0.0855. The Morgan fingerprint density at radius 2 is 1.79 bits per heavy atom. The number of piperazine rings is 1. The summed E-state index contributed by atoms with van der Waals surface area (Å²) >= 11 is 1.17. The standard InChI is InChI=1S/C18H28N4O4S2/c1-14(23)19-13-16-7-8-17(27-16)28(25,26)22-11-9-21(10-12-22)18(24)20-15-5-3-2-4-6-15/h7-8,15H,2-6,9-13H2,1H3,(H,19,23)(H,20,24). The number of carbonyl (C=O) groups is 2. The lowest BCUT2D eigenvalue weighted by Gasteiger charge is -2.35. The highest BCUT2D eigenvalue weighted by Gasteiger charge is 2.31. The molecule has 2 aliphatic rings. The molecule has 2 fully saturated rings. The third-order valence-electron chi connectivity index (χ3n) is 5.20. The normalized spacial score (nSPS) is 19.4. The third kappa shape index (κ3) is 5.24. The first-order valence-corrected chi connectivity index (χ1v) is 12.0. The molecule has 2 heterocycles. The molecule has 0 unspecified atom stereocenters. The molecule has 0 spiro atoms. The molecule has 1 aliphatic carbocycles. The van der Waals surface area contributed by atoms with Crippen LogP contribution in [0.5, 0.6) is 0 Å². The lowest BCUT2D eigenvalue weighted by atomic mass is 9.96. The molecule has 8 nitrogen and oxygen atoms in total. The molecule has 1 saturated heterocycles. The quantitative estimate of drug-likeness (QED) is 0.746. The second kappa shape index (κ2) is 9.23. The van der Waals surface area contributed by atoms with Gasteiger partial charge in [-0.25, -0.2) is 13.2 Å². The largest absolute Gasteiger partial charge is 0.351 e. The summed E-state index contributed by atoms with van der Waals surface area (Å²) in [6.07, 6.45) is 5.60. The van der Waals surface area contributed by atoms with Gasteiger partial charge in [-0.1, -0.05) is 19.3 Å². The monoisotopic (exact) mass is 428 g/mol. The van der Waals surface area contributed by atoms with Gasteiger partial charge in [-0.15, -0.1) is 11.3 Å². The zero-order valence-corrected chi connectivity index (χ0v) is 17.8. The Labute approximate surface area is 170 Å². The molecule has 3 amide bonds. The minimum atomic E-state index is -3.58. The van der Waals surface area contributed by atoms with Crippen LogP contribution in [-0.2, 0) is 21.4 Å². The molecule has 28 heavy (non-hydrogen) atoms. The second-order valence-electron chi connectivity index (χ2n) is 7.31. The number of hydrogen-bond acceptors (Lipinski definition) is 5. The first-order chi connectivity index (χ1) is 13.4. The fraction of sp³-hybridized carbons (Fsp3) is 0.667. The Morgan fingerprint density at radius 3 is 2.43 bits per heavy atom. The van der Waals surface area contributed by atoms with Crippen molar-refractivity contribution in [2.75, 3.05) is 26.2 Å². The van der Waals surface area contributed by atoms with Gasteiger partial charge in [-0.3, -0.25) is 4.79 Å². The predicted octanol–water partition coefficient (Wildman–Crippen LogP) is 1.73. The third-order valence-corrected chi connectivity index (χ3v) is 8.65. The van der Waals surface area contributed by atoms with Crippen LogP contribution < -0.4 is 10.6 Å². The van der Waals surface area contributed by atoms with Crippen molar-refractivity contribution in [2.45, 2.75) is 55.8 Å². The van der Waals surface area contributed by atoms with Crippen LogP contribution in [0.1, 0.15) is 43.9 Å². The number of carbonyl (C=O) groups excluding carboxylic acids is 2. The van der Waals surface area contributed by atoms with E-state index < -0.39 is 10.0 Å². The highest BCUT2D eigenvalue weighted by atomic mass is 32.2. The molecule has 0 atom stereocenters. The van der Waals surface area contributed by atoms with E-state index in [4.69, 9.17) is 0 Å². The first-order valence-electron chi connectivity index (χ1n) is 9.75. The van der Waals surface area contributed by atoms with Crippen molar-refractivity contribution in [3.63, 3.8) is 0 Å². The Balaban J connectivity index is 1.53. The molecule has 3 rings (SSSR count). The van der Waals surface area contributed by atoms with Gasteiger partial charge in [0.05, 0.1) is 6.54 Å². The number of urea groups is 1. The zero-order valence-electron chi connectivity index (χ0n) is 16.1. The van der Waals surface area contributed by atoms with Crippen molar-refractivity contribution in [2.24, 2.45) is 0 Å². The zero-order chi connectivity index (χ0) is 20.1. The topological polar surface area (TPSA) is 98.8 Å². The van der Waals surface area contributed by atoms with Crippen molar-refractivity contribution in [3.05, 3.63) is 17.0 Å². The summed E-state index contributed by atoms with van der Waals surface area (Å²) in [5.41, 5.74) is 0. The van der Waals surface area contributed by atoms with Crippen molar-refractivity contribution in [3.8, 4) is 0 Å². The molecule has 1 saturated carbocycles. The average Bonchev–Trinajstić information content (AvgIpc) is 3.17. The Morgan fingerprint density at radius 1 is 1.11 bits per heavy atom. The number of amides is 3. The Kier molecular flexibility index (Phi) is 6.95. The molecule has 0 aromatic carbocycles. The maximum absolute atomic E-state index is 12.9. The molecule has 10 heteroatoms. The first kappa shape index (κ1) is 21.1. The Hall–Kier alpha value is -1.65. The van der Waals surface area contributed by atoms with Crippen molar-refractivity contribution in [1.29, 1.82) is 0 Å². The van der Waals surface area contributed by atoms with Gasteiger partial charge in [-0.2, -0.15) is 4.31 Å². The van der Waals surface area contributed by atoms with Gasteiger partial charge in [0.1, 0.15) is 4.21 Å². The highest BCUT2D eigenvalue weighted by molar-refractivity contribution is 7.91. The van der Waals surface area contributed by atoms with Crippen LogP contribution in [0.4, 0.5) is 4.79 Å². The second-order valence-corrected chi connectivity index (χ2v) is 10.6. The van der Waals surface area contributed by atoms with Gasteiger partial charge in [0.15, 0.2) is 0 Å². The lowest BCUT2D eigenvalue weighted by Crippen LogP contribution is -2.54. The van der Waals surface area contributed by atoms with E-state index in [-0.39, 0.29) is 22.2 Å². The van der Waals surface area contributed by atoms with Crippen molar-refractivity contribution in [1.82, 2.24) is 19.8 Å². The highest BCUT2D eigenvalue weighted by Crippen LogP contribution is 2.26. The molecule has 2 N–H and O–H groups in total. The molecule has 1 aromatic heterocycles. The van der Waals surface area contributed by atoms with Crippen LogP contribution in [0.25, 0.3) is 0 Å². The molecule has 1 aliphatic heterocycles. The van der Waals surface area contributed by atoms with Gasteiger partial charge < -0.3 is 15.5 Å². The van der Waals surface area contributed by atoms with Crippen LogP contribution >= 0.6 is 11.3 Å². The fourth-order valence-corrected chi connectivity index (χ4v) is 6.45. The summed E-state index contributed by atoms with van der Waals surface area (Å²) in [6.45, 7) is 3.11. The van der Waals surface area contributed by atoms with E-state index in [0.29, 0.717) is 32.7 Å². The van der Waals surface area contributed by atoms with Crippen molar-refractivity contribution >= 4 is 33.3 Å². The number of rotatable bonds is 5. The van der Waals surface area contributed by atoms with E-state index in [9.17, 15) is 18.0 Å². The average molecular weight is 429 g/mol. The van der Waals surface area contributed by atoms with Gasteiger partial charge in [-0.05, 0) is 25.0 Å². The van der Waals surface area contributed by atoms with Crippen LogP contribution in [-0.4, -0.2) is 61.8 Å². The predicted molar refractivity (Wildman–Crippen MR) is 108 cm³/mol. The lowest BCUT2D eigenvalue weighted by molar-refractivity contribution is -0.119. The number of nitrogens with one attached hydrogen (secondary N) is 2. The number of thiophene rings is 1. The van der Waals surface area contributed by atoms with Crippen LogP contribution in [0.3, 0.4) is 0 Å². The number of sulfonamides is 1. The van der Waals surface area contributed by atoms with E-state index in [1.807, 2.05) is 0 Å². The van der Waals surface area contributed by atoms with Gasteiger partial charge in [0.2, 0.25) is 5.91 Å². The van der Waals surface area contributed by atoms with E-state index in [2.05, 4.69) is 10.6 Å². The summed E-state index contributed by atoms with van der Waals surface area (Å²) in [5.74, 6) is -0.152. The molecule has 0 radical (unpaired) electrons. The summed E-state index contributed by atoms with van der Waals surface area (Å²) < 4.78 is 27.4. The van der Waals surface area contributed by atoms with Gasteiger partial charge in [0, 0.05) is 44.0 Å². The summed E-state index contributed by atoms with van der Waals surface area (Å²) in [5, 5.41) is 5.76. The fourth-order valence-electron chi connectivity index (χ4n) is 3.58. The van der Waals surface area contributed by atoms with Gasteiger partial charge in [0.25, 0.3) is 10.0 Å². The molecule has 0 bridgehead atoms. The maximum atomic E-state index is 12.9. The summed E-state index contributed by atoms with van der Waals surface area (Å²) in [6, 6.07) is 3.47. The SMILES string of the molecule is CC(=O)NCc1ccc(S(=O)(=O)N2CCN(C(=O)NC3CCCCC3)CC2)s1. The van der Waals surface area contributed by atoms with Crippen LogP contribution in [0.2, 0.25) is 0 Å². The maximum Gasteiger partial charge on any atom is 0.317 e.